The Labute approximate surface area is 137 Å². The van der Waals surface area contributed by atoms with Crippen LogP contribution in [0.3, 0.4) is 0 Å². The molecule has 0 fully saturated rings. The van der Waals surface area contributed by atoms with Crippen LogP contribution in [0.4, 0.5) is 8.78 Å². The van der Waals surface area contributed by atoms with E-state index in [1.54, 1.807) is 0 Å². The van der Waals surface area contributed by atoms with Crippen molar-refractivity contribution in [2.75, 3.05) is 18.9 Å². The van der Waals surface area contributed by atoms with Crippen LogP contribution in [-0.4, -0.2) is 38.7 Å². The largest absolute Gasteiger partial charge is 0.482 e. The molecule has 1 heterocycles. The topological polar surface area (TPSA) is 61.9 Å². The Morgan fingerprint density at radius 1 is 1.41 bits per heavy atom. The lowest BCUT2D eigenvalue weighted by molar-refractivity contribution is 0.389. The van der Waals surface area contributed by atoms with E-state index in [0.717, 1.165) is 9.36 Å². The molecule has 120 valence electrons. The molecule has 22 heavy (non-hydrogen) atoms. The highest BCUT2D eigenvalue weighted by atomic mass is 79.9. The number of nitrogens with zero attached hydrogens (tertiary/aromatic N) is 4. The zero-order chi connectivity index (χ0) is 16.1. The van der Waals surface area contributed by atoms with Crippen LogP contribution in [0.1, 0.15) is 6.42 Å². The molecule has 0 amide bonds. The van der Waals surface area contributed by atoms with Gasteiger partial charge in [0.25, 0.3) is 0 Å². The number of ether oxygens (including phenoxy) is 1. The standard InChI is InChI=1S/C12H13BrF2N4O2S/c1-22-7-21-11-6-10(9(15)5-8(11)13)19-12(20)18(16-17-19)4-2-3-14/h5-6H,2-4,7H2,1H3. The Hall–Kier alpha value is -1.42. The van der Waals surface area contributed by atoms with Crippen LogP contribution in [-0.2, 0) is 6.54 Å². The fourth-order valence-corrected chi connectivity index (χ4v) is 2.36. The predicted octanol–water partition coefficient (Wildman–Crippen LogP) is 2.39. The SMILES string of the molecule is CSCOc1cc(-n2nnn(CCCF)c2=O)c(F)cc1Br. The number of rotatable bonds is 7. The van der Waals surface area contributed by atoms with Gasteiger partial charge in [-0.15, -0.1) is 11.8 Å². The lowest BCUT2D eigenvalue weighted by atomic mass is 10.3. The van der Waals surface area contributed by atoms with Crippen molar-refractivity contribution in [3.8, 4) is 11.4 Å². The number of alkyl halides is 1. The lowest BCUT2D eigenvalue weighted by Crippen LogP contribution is -2.25. The quantitative estimate of drug-likeness (QED) is 0.674. The molecular weight excluding hydrogens is 382 g/mol. The average Bonchev–Trinajstić information content (AvgIpc) is 2.85. The average molecular weight is 395 g/mol. The zero-order valence-corrected chi connectivity index (χ0v) is 14.0. The molecule has 0 aliphatic carbocycles. The van der Waals surface area contributed by atoms with E-state index in [1.165, 1.54) is 23.9 Å². The van der Waals surface area contributed by atoms with Gasteiger partial charge in [-0.2, -0.15) is 9.36 Å². The zero-order valence-electron chi connectivity index (χ0n) is 11.6. The van der Waals surface area contributed by atoms with Gasteiger partial charge in [0.05, 0.1) is 17.7 Å². The summed E-state index contributed by atoms with van der Waals surface area (Å²) in [7, 11) is 0. The highest BCUT2D eigenvalue weighted by Gasteiger charge is 2.16. The van der Waals surface area contributed by atoms with Crippen molar-refractivity contribution in [1.82, 2.24) is 19.8 Å². The molecule has 0 saturated carbocycles. The van der Waals surface area contributed by atoms with Gasteiger partial charge in [0.15, 0.2) is 5.82 Å². The number of aryl methyl sites for hydroxylation is 1. The molecule has 0 unspecified atom stereocenters. The molecule has 0 aliphatic heterocycles. The Balaban J connectivity index is 2.39. The molecule has 0 aliphatic rings. The van der Waals surface area contributed by atoms with E-state index in [-0.39, 0.29) is 18.7 Å². The second kappa shape index (κ2) is 7.73. The Morgan fingerprint density at radius 3 is 2.86 bits per heavy atom. The highest BCUT2D eigenvalue weighted by molar-refractivity contribution is 9.10. The molecule has 10 heteroatoms. The monoisotopic (exact) mass is 394 g/mol. The molecule has 0 saturated heterocycles. The van der Waals surface area contributed by atoms with Crippen LogP contribution >= 0.6 is 27.7 Å². The number of hydrogen-bond donors (Lipinski definition) is 0. The van der Waals surface area contributed by atoms with Crippen molar-refractivity contribution >= 4 is 27.7 Å². The van der Waals surface area contributed by atoms with Crippen LogP contribution < -0.4 is 10.4 Å². The summed E-state index contributed by atoms with van der Waals surface area (Å²) in [5, 5.41) is 7.24. The number of hydrogen-bond acceptors (Lipinski definition) is 5. The second-order valence-corrected chi connectivity index (χ2v) is 5.89. The third kappa shape index (κ3) is 3.67. The minimum absolute atomic E-state index is 0.0733. The number of aromatic nitrogens is 4. The summed E-state index contributed by atoms with van der Waals surface area (Å²) >= 11 is 4.65. The lowest BCUT2D eigenvalue weighted by Gasteiger charge is -2.09. The fourth-order valence-electron chi connectivity index (χ4n) is 1.69. The molecule has 2 rings (SSSR count). The van der Waals surface area contributed by atoms with E-state index in [1.807, 2.05) is 6.26 Å². The van der Waals surface area contributed by atoms with Crippen molar-refractivity contribution in [3.05, 3.63) is 32.9 Å². The molecular formula is C12H13BrF2N4O2S. The predicted molar refractivity (Wildman–Crippen MR) is 82.9 cm³/mol. The molecule has 0 N–H and O–H groups in total. The number of halogens is 3. The van der Waals surface area contributed by atoms with Crippen LogP contribution in [0, 0.1) is 5.82 Å². The van der Waals surface area contributed by atoms with E-state index in [2.05, 4.69) is 26.4 Å². The van der Waals surface area contributed by atoms with E-state index < -0.39 is 18.2 Å². The smallest absolute Gasteiger partial charge is 0.368 e. The minimum atomic E-state index is -0.650. The van der Waals surface area contributed by atoms with E-state index >= 15 is 0 Å². The summed E-state index contributed by atoms with van der Waals surface area (Å²) in [6, 6.07) is 2.56. The van der Waals surface area contributed by atoms with Gasteiger partial charge in [-0.3, -0.25) is 4.39 Å². The first-order valence-corrected chi connectivity index (χ1v) is 8.47. The Kier molecular flexibility index (Phi) is 5.95. The molecule has 6 nitrogen and oxygen atoms in total. The summed E-state index contributed by atoms with van der Waals surface area (Å²) in [5.74, 6) is 0.112. The van der Waals surface area contributed by atoms with E-state index in [4.69, 9.17) is 4.74 Å². The Morgan fingerprint density at radius 2 is 2.18 bits per heavy atom. The van der Waals surface area contributed by atoms with Crippen LogP contribution in [0.15, 0.2) is 21.4 Å². The summed E-state index contributed by atoms with van der Waals surface area (Å²) in [6.07, 6.45) is 2.00. The summed E-state index contributed by atoms with van der Waals surface area (Å²) < 4.78 is 33.9. The van der Waals surface area contributed by atoms with Crippen molar-refractivity contribution in [1.29, 1.82) is 0 Å². The maximum atomic E-state index is 14.1. The number of benzene rings is 1. The molecule has 2 aromatic rings. The molecule has 1 aromatic carbocycles. The third-order valence-corrected chi connectivity index (χ3v) is 3.68. The second-order valence-electron chi connectivity index (χ2n) is 4.22. The van der Waals surface area contributed by atoms with Gasteiger partial charge in [0.1, 0.15) is 17.4 Å². The van der Waals surface area contributed by atoms with Crippen LogP contribution in [0.2, 0.25) is 0 Å². The highest BCUT2D eigenvalue weighted by Crippen LogP contribution is 2.29. The Bertz CT molecular complexity index is 707. The van der Waals surface area contributed by atoms with E-state index in [9.17, 15) is 13.6 Å². The third-order valence-electron chi connectivity index (χ3n) is 2.70. The fraction of sp³-hybridized carbons (Fsp3) is 0.417. The van der Waals surface area contributed by atoms with Gasteiger partial charge < -0.3 is 4.74 Å². The van der Waals surface area contributed by atoms with Crippen molar-refractivity contribution in [2.45, 2.75) is 13.0 Å². The van der Waals surface area contributed by atoms with Gasteiger partial charge in [0, 0.05) is 6.07 Å². The first-order chi connectivity index (χ1) is 10.6. The number of tetrazole rings is 1. The van der Waals surface area contributed by atoms with Crippen LogP contribution in [0.5, 0.6) is 5.75 Å². The van der Waals surface area contributed by atoms with E-state index in [0.29, 0.717) is 16.2 Å². The summed E-state index contributed by atoms with van der Waals surface area (Å²) in [4.78, 5) is 12.1. The maximum Gasteiger partial charge on any atom is 0.368 e. The summed E-state index contributed by atoms with van der Waals surface area (Å²) in [6.45, 7) is -0.484. The minimum Gasteiger partial charge on any atom is -0.482 e. The summed E-state index contributed by atoms with van der Waals surface area (Å²) in [5.41, 5.74) is -0.707. The maximum absolute atomic E-state index is 14.1. The van der Waals surface area contributed by atoms with Gasteiger partial charge in [0.2, 0.25) is 0 Å². The molecule has 0 atom stereocenters. The molecule has 1 aromatic heterocycles. The molecule has 0 radical (unpaired) electrons. The first kappa shape index (κ1) is 16.9. The van der Waals surface area contributed by atoms with Gasteiger partial charge in [-0.1, -0.05) is 0 Å². The molecule has 0 bridgehead atoms. The van der Waals surface area contributed by atoms with Crippen molar-refractivity contribution in [3.63, 3.8) is 0 Å². The van der Waals surface area contributed by atoms with Crippen molar-refractivity contribution in [2.24, 2.45) is 0 Å². The van der Waals surface area contributed by atoms with Gasteiger partial charge in [-0.05, 0) is 45.1 Å². The van der Waals surface area contributed by atoms with Crippen molar-refractivity contribution < 1.29 is 13.5 Å². The normalized spacial score (nSPS) is 10.9. The van der Waals surface area contributed by atoms with Crippen LogP contribution in [0.25, 0.3) is 5.69 Å². The van der Waals surface area contributed by atoms with Gasteiger partial charge in [-0.25, -0.2) is 9.18 Å². The number of thioether (sulfide) groups is 1. The first-order valence-electron chi connectivity index (χ1n) is 6.28. The van der Waals surface area contributed by atoms with Gasteiger partial charge >= 0.3 is 5.69 Å². The molecule has 0 spiro atoms.